The van der Waals surface area contributed by atoms with E-state index in [4.69, 9.17) is 0 Å². The van der Waals surface area contributed by atoms with E-state index in [9.17, 15) is 13.2 Å². The summed E-state index contributed by atoms with van der Waals surface area (Å²) < 4.78 is 28.1. The van der Waals surface area contributed by atoms with Crippen molar-refractivity contribution in [3.63, 3.8) is 0 Å². The maximum Gasteiger partial charge on any atom is 0.264 e. The molecule has 3 heterocycles. The van der Waals surface area contributed by atoms with Crippen LogP contribution in [0.25, 0.3) is 0 Å². The molecule has 0 saturated carbocycles. The van der Waals surface area contributed by atoms with Crippen LogP contribution in [0.2, 0.25) is 0 Å². The molecule has 1 fully saturated rings. The van der Waals surface area contributed by atoms with E-state index in [2.05, 4.69) is 25.6 Å². The third-order valence-corrected chi connectivity index (χ3v) is 8.36. The van der Waals surface area contributed by atoms with Crippen LogP contribution in [0.15, 0.2) is 37.6 Å². The number of hydrogen-bond donors (Lipinski definition) is 1. The van der Waals surface area contributed by atoms with Crippen molar-refractivity contribution in [2.75, 3.05) is 39.3 Å². The summed E-state index contributed by atoms with van der Waals surface area (Å²) in [7, 11) is -3.45. The molecule has 0 spiro atoms. The zero-order valence-corrected chi connectivity index (χ0v) is 17.4. The number of halogens is 1. The zero-order chi connectivity index (χ0) is 17.9. The zero-order valence-electron chi connectivity index (χ0n) is 13.4. The Labute approximate surface area is 163 Å². The molecule has 1 amide bonds. The number of amides is 1. The molecule has 10 heteroatoms. The first-order valence-electron chi connectivity index (χ1n) is 7.76. The third-order valence-electron chi connectivity index (χ3n) is 3.92. The lowest BCUT2D eigenvalue weighted by atomic mass is 10.3. The van der Waals surface area contributed by atoms with Gasteiger partial charge in [-0.05, 0) is 39.5 Å². The molecule has 1 N–H and O–H groups in total. The lowest BCUT2D eigenvalue weighted by Crippen LogP contribution is -2.50. The van der Waals surface area contributed by atoms with Crippen LogP contribution in [0.5, 0.6) is 0 Å². The van der Waals surface area contributed by atoms with E-state index >= 15 is 0 Å². The minimum absolute atomic E-state index is 0.0821. The summed E-state index contributed by atoms with van der Waals surface area (Å²) in [5.74, 6) is 0.0821. The molecule has 136 valence electrons. The van der Waals surface area contributed by atoms with Gasteiger partial charge in [0.1, 0.15) is 4.21 Å². The van der Waals surface area contributed by atoms with Crippen molar-refractivity contribution in [2.45, 2.75) is 4.21 Å². The molecule has 25 heavy (non-hydrogen) atoms. The van der Waals surface area contributed by atoms with E-state index < -0.39 is 10.0 Å². The fourth-order valence-electron chi connectivity index (χ4n) is 2.58. The number of nitrogens with one attached hydrogen (secondary N) is 1. The van der Waals surface area contributed by atoms with Gasteiger partial charge in [0, 0.05) is 39.3 Å². The SMILES string of the molecule is O=C(c1cccs1)N1CCN(CCNS(=O)(=O)c2ccc(Br)s2)CC1. The van der Waals surface area contributed by atoms with Crippen LogP contribution in [0.4, 0.5) is 0 Å². The predicted molar refractivity (Wildman–Crippen MR) is 104 cm³/mol. The minimum atomic E-state index is -3.45. The molecular weight excluding hydrogens is 446 g/mol. The number of hydrogen-bond acceptors (Lipinski definition) is 6. The maximum absolute atomic E-state index is 12.3. The molecule has 0 atom stereocenters. The number of thiophene rings is 2. The van der Waals surface area contributed by atoms with Gasteiger partial charge in [0.15, 0.2) is 0 Å². The van der Waals surface area contributed by atoms with E-state index in [-0.39, 0.29) is 5.91 Å². The molecule has 2 aromatic heterocycles. The molecule has 6 nitrogen and oxygen atoms in total. The van der Waals surface area contributed by atoms with Gasteiger partial charge in [0.2, 0.25) is 10.0 Å². The van der Waals surface area contributed by atoms with E-state index in [1.807, 2.05) is 22.4 Å². The van der Waals surface area contributed by atoms with Crippen LogP contribution in [-0.2, 0) is 10.0 Å². The van der Waals surface area contributed by atoms with Gasteiger partial charge >= 0.3 is 0 Å². The predicted octanol–water partition coefficient (Wildman–Crippen LogP) is 2.31. The molecule has 0 aliphatic carbocycles. The molecule has 0 aromatic carbocycles. The summed E-state index contributed by atoms with van der Waals surface area (Å²) in [4.78, 5) is 17.1. The molecule has 2 aromatic rings. The Morgan fingerprint density at radius 3 is 2.56 bits per heavy atom. The average molecular weight is 464 g/mol. The highest BCUT2D eigenvalue weighted by Gasteiger charge is 2.23. The van der Waals surface area contributed by atoms with Crippen LogP contribution in [0.3, 0.4) is 0 Å². The second-order valence-corrected chi connectivity index (χ2v) is 11.0. The molecular formula is C15H18BrN3O3S3. The summed E-state index contributed by atoms with van der Waals surface area (Å²) in [5.41, 5.74) is 0. The highest BCUT2D eigenvalue weighted by molar-refractivity contribution is 9.11. The summed E-state index contributed by atoms with van der Waals surface area (Å²) in [6.07, 6.45) is 0. The van der Waals surface area contributed by atoms with Gasteiger partial charge in [-0.2, -0.15) is 0 Å². The summed E-state index contributed by atoms with van der Waals surface area (Å²) in [6.45, 7) is 3.83. The van der Waals surface area contributed by atoms with Crippen LogP contribution in [-0.4, -0.2) is 63.4 Å². The molecule has 0 unspecified atom stereocenters. The standard InChI is InChI=1S/C15H18BrN3O3S3/c16-13-3-4-14(24-13)25(21,22)17-5-6-18-7-9-19(10-8-18)15(20)12-2-1-11-23-12/h1-4,11,17H,5-10H2. The van der Waals surface area contributed by atoms with E-state index in [1.165, 1.54) is 22.7 Å². The van der Waals surface area contributed by atoms with Gasteiger partial charge in [-0.25, -0.2) is 13.1 Å². The Hall–Kier alpha value is -0.780. The monoisotopic (exact) mass is 463 g/mol. The van der Waals surface area contributed by atoms with Crippen LogP contribution < -0.4 is 4.72 Å². The van der Waals surface area contributed by atoms with Crippen molar-refractivity contribution < 1.29 is 13.2 Å². The lowest BCUT2D eigenvalue weighted by Gasteiger charge is -2.34. The smallest absolute Gasteiger partial charge is 0.264 e. The Balaban J connectivity index is 1.43. The molecule has 1 saturated heterocycles. The topological polar surface area (TPSA) is 69.7 Å². The normalized spacial score (nSPS) is 16.3. The van der Waals surface area contributed by atoms with E-state index in [1.54, 1.807) is 12.1 Å². The van der Waals surface area contributed by atoms with Crippen LogP contribution >= 0.6 is 38.6 Å². The van der Waals surface area contributed by atoms with Crippen molar-refractivity contribution in [3.05, 3.63) is 38.3 Å². The number of piperazine rings is 1. The first kappa shape index (κ1) is 19.0. The van der Waals surface area contributed by atoms with Crippen LogP contribution in [0, 0.1) is 0 Å². The van der Waals surface area contributed by atoms with Crippen molar-refractivity contribution in [3.8, 4) is 0 Å². The van der Waals surface area contributed by atoms with Gasteiger partial charge in [-0.3, -0.25) is 9.69 Å². The van der Waals surface area contributed by atoms with Crippen molar-refractivity contribution in [1.29, 1.82) is 0 Å². The number of rotatable bonds is 6. The molecule has 3 rings (SSSR count). The molecule has 1 aliphatic rings. The Morgan fingerprint density at radius 2 is 1.96 bits per heavy atom. The highest BCUT2D eigenvalue weighted by Crippen LogP contribution is 2.25. The highest BCUT2D eigenvalue weighted by atomic mass is 79.9. The van der Waals surface area contributed by atoms with Gasteiger partial charge < -0.3 is 4.90 Å². The van der Waals surface area contributed by atoms with Crippen molar-refractivity contribution in [1.82, 2.24) is 14.5 Å². The lowest BCUT2D eigenvalue weighted by molar-refractivity contribution is 0.0645. The molecule has 0 radical (unpaired) electrons. The number of nitrogens with zero attached hydrogens (tertiary/aromatic N) is 2. The van der Waals surface area contributed by atoms with E-state index in [0.717, 1.165) is 21.8 Å². The van der Waals surface area contributed by atoms with Crippen molar-refractivity contribution >= 4 is 54.5 Å². The Morgan fingerprint density at radius 1 is 1.20 bits per heavy atom. The second kappa shape index (κ2) is 8.28. The van der Waals surface area contributed by atoms with Gasteiger partial charge in [-0.15, -0.1) is 22.7 Å². The summed E-state index contributed by atoms with van der Waals surface area (Å²) in [6, 6.07) is 7.04. The fourth-order valence-corrected chi connectivity index (χ4v) is 6.35. The van der Waals surface area contributed by atoms with Gasteiger partial charge in [0.05, 0.1) is 8.66 Å². The fraction of sp³-hybridized carbons (Fsp3) is 0.400. The minimum Gasteiger partial charge on any atom is -0.335 e. The van der Waals surface area contributed by atoms with Gasteiger partial charge in [-0.1, -0.05) is 6.07 Å². The number of carbonyl (C=O) groups excluding carboxylic acids is 1. The largest absolute Gasteiger partial charge is 0.335 e. The maximum atomic E-state index is 12.3. The first-order valence-corrected chi connectivity index (χ1v) is 11.7. The first-order chi connectivity index (χ1) is 12.0. The second-order valence-electron chi connectivity index (χ2n) is 5.57. The quantitative estimate of drug-likeness (QED) is 0.713. The van der Waals surface area contributed by atoms with Crippen LogP contribution in [0.1, 0.15) is 9.67 Å². The molecule has 0 bridgehead atoms. The summed E-state index contributed by atoms with van der Waals surface area (Å²) >= 11 is 5.92. The number of sulfonamides is 1. The van der Waals surface area contributed by atoms with Gasteiger partial charge in [0.25, 0.3) is 5.91 Å². The summed E-state index contributed by atoms with van der Waals surface area (Å²) in [5, 5.41) is 1.90. The van der Waals surface area contributed by atoms with E-state index in [0.29, 0.717) is 30.4 Å². The molecule has 1 aliphatic heterocycles. The number of carbonyl (C=O) groups is 1. The Kier molecular flexibility index (Phi) is 6.29. The van der Waals surface area contributed by atoms with Crippen molar-refractivity contribution in [2.24, 2.45) is 0 Å². The third kappa shape index (κ3) is 4.89. The average Bonchev–Trinajstić information content (AvgIpc) is 3.26. The Bertz CT molecular complexity index is 812.